The van der Waals surface area contributed by atoms with Crippen molar-refractivity contribution < 1.29 is 4.79 Å². The molecule has 3 heterocycles. The van der Waals surface area contributed by atoms with Gasteiger partial charge in [0.15, 0.2) is 0 Å². The molecule has 9 nitrogen and oxygen atoms in total. The highest BCUT2D eigenvalue weighted by Gasteiger charge is 2.30. The van der Waals surface area contributed by atoms with E-state index in [-0.39, 0.29) is 23.6 Å². The fourth-order valence-electron chi connectivity index (χ4n) is 3.56. The van der Waals surface area contributed by atoms with Gasteiger partial charge < -0.3 is 4.90 Å². The number of rotatable bonds is 4. The van der Waals surface area contributed by atoms with Gasteiger partial charge in [-0.05, 0) is 31.9 Å². The summed E-state index contributed by atoms with van der Waals surface area (Å²) in [5, 5.41) is 10.9. The van der Waals surface area contributed by atoms with Crippen LogP contribution in [0.15, 0.2) is 47.8 Å². The van der Waals surface area contributed by atoms with Crippen LogP contribution in [0.25, 0.3) is 5.69 Å². The summed E-state index contributed by atoms with van der Waals surface area (Å²) in [5.41, 5.74) is 0.555. The lowest BCUT2D eigenvalue weighted by Gasteiger charge is -2.33. The van der Waals surface area contributed by atoms with Crippen molar-refractivity contribution >= 4 is 5.91 Å². The maximum absolute atomic E-state index is 12.7. The van der Waals surface area contributed by atoms with E-state index in [0.717, 1.165) is 24.4 Å². The minimum atomic E-state index is -0.378. The van der Waals surface area contributed by atoms with Crippen molar-refractivity contribution in [1.29, 1.82) is 0 Å². The van der Waals surface area contributed by atoms with Gasteiger partial charge in [0, 0.05) is 19.0 Å². The van der Waals surface area contributed by atoms with Gasteiger partial charge in [0.05, 0.1) is 5.69 Å². The van der Waals surface area contributed by atoms with E-state index in [1.807, 2.05) is 42.2 Å². The highest BCUT2D eigenvalue weighted by molar-refractivity contribution is 5.80. The normalized spacial score (nSPS) is 16.4. The number of hydrogen-bond acceptors (Lipinski definition) is 5. The van der Waals surface area contributed by atoms with Crippen molar-refractivity contribution in [3.8, 4) is 5.69 Å². The molecule has 0 unspecified atom stereocenters. The van der Waals surface area contributed by atoms with Gasteiger partial charge in [-0.15, -0.1) is 0 Å². The molecule has 0 radical (unpaired) electrons. The zero-order chi connectivity index (χ0) is 18.8. The van der Waals surface area contributed by atoms with Crippen molar-refractivity contribution in [3.63, 3.8) is 0 Å². The summed E-state index contributed by atoms with van der Waals surface area (Å²) in [5.74, 6) is 0.874. The summed E-state index contributed by atoms with van der Waals surface area (Å²) >= 11 is 0. The van der Waals surface area contributed by atoms with Gasteiger partial charge in [0.1, 0.15) is 24.5 Å². The van der Waals surface area contributed by atoms with Crippen molar-refractivity contribution in [2.75, 3.05) is 13.1 Å². The number of nitrogens with zero attached hydrogens (tertiary/aromatic N) is 6. The Balaban J connectivity index is 1.48. The number of benzene rings is 1. The van der Waals surface area contributed by atoms with E-state index < -0.39 is 0 Å². The second-order valence-corrected chi connectivity index (χ2v) is 6.71. The van der Waals surface area contributed by atoms with E-state index in [9.17, 15) is 9.59 Å². The lowest BCUT2D eigenvalue weighted by atomic mass is 9.95. The summed E-state index contributed by atoms with van der Waals surface area (Å²) in [4.78, 5) is 30.7. The molecule has 1 aliphatic rings. The second kappa shape index (κ2) is 7.18. The van der Waals surface area contributed by atoms with E-state index in [1.54, 1.807) is 15.6 Å². The predicted molar refractivity (Wildman–Crippen MR) is 97.5 cm³/mol. The van der Waals surface area contributed by atoms with Crippen molar-refractivity contribution in [1.82, 2.24) is 34.4 Å². The first-order chi connectivity index (χ1) is 13.1. The Kier molecular flexibility index (Phi) is 4.57. The molecule has 27 heavy (non-hydrogen) atoms. The van der Waals surface area contributed by atoms with Crippen LogP contribution in [0.3, 0.4) is 0 Å². The number of amides is 1. The number of para-hydroxylation sites is 1. The molecule has 1 fully saturated rings. The average Bonchev–Trinajstić information content (AvgIpc) is 3.37. The number of carbonyl (C=O) groups is 1. The van der Waals surface area contributed by atoms with E-state index in [2.05, 4.69) is 20.3 Å². The number of H-pyrrole nitrogens is 1. The smallest absolute Gasteiger partial charge is 0.341 e. The number of carbonyl (C=O) groups excluding carboxylic acids is 1. The van der Waals surface area contributed by atoms with Gasteiger partial charge in [-0.2, -0.15) is 10.2 Å². The zero-order valence-electron chi connectivity index (χ0n) is 15.0. The van der Waals surface area contributed by atoms with Crippen LogP contribution in [0.4, 0.5) is 0 Å². The summed E-state index contributed by atoms with van der Waals surface area (Å²) in [7, 11) is 0. The number of likely N-dealkylation sites (tertiary alicyclic amines) is 1. The molecule has 1 atom stereocenters. The summed E-state index contributed by atoms with van der Waals surface area (Å²) in [6.07, 6.45) is 4.49. The van der Waals surface area contributed by atoms with Crippen LogP contribution < -0.4 is 5.69 Å². The molecule has 1 aromatic carbocycles. The van der Waals surface area contributed by atoms with E-state index in [0.29, 0.717) is 13.1 Å². The van der Waals surface area contributed by atoms with Gasteiger partial charge in [-0.3, -0.25) is 4.79 Å². The molecule has 1 aliphatic heterocycles. The number of nitrogens with one attached hydrogen (secondary N) is 1. The van der Waals surface area contributed by atoms with Gasteiger partial charge in [-0.25, -0.2) is 24.1 Å². The average molecular weight is 367 g/mol. The first kappa shape index (κ1) is 17.2. The highest BCUT2D eigenvalue weighted by Crippen LogP contribution is 2.28. The molecule has 140 valence electrons. The third kappa shape index (κ3) is 3.27. The van der Waals surface area contributed by atoms with Gasteiger partial charge in [0.25, 0.3) is 0 Å². The Morgan fingerprint density at radius 3 is 2.63 bits per heavy atom. The molecule has 1 N–H and O–H groups in total. The third-order valence-corrected chi connectivity index (χ3v) is 5.08. The van der Waals surface area contributed by atoms with Crippen LogP contribution in [0.1, 0.15) is 37.5 Å². The van der Waals surface area contributed by atoms with Gasteiger partial charge in [0.2, 0.25) is 5.91 Å². The fraction of sp³-hybridized carbons (Fsp3) is 0.389. The lowest BCUT2D eigenvalue weighted by molar-refractivity contribution is -0.135. The first-order valence-corrected chi connectivity index (χ1v) is 9.01. The maximum atomic E-state index is 12.7. The monoisotopic (exact) mass is 367 g/mol. The lowest BCUT2D eigenvalue weighted by Crippen LogP contribution is -2.41. The van der Waals surface area contributed by atoms with Gasteiger partial charge >= 0.3 is 5.69 Å². The van der Waals surface area contributed by atoms with Crippen LogP contribution >= 0.6 is 0 Å². The Morgan fingerprint density at radius 2 is 1.96 bits per heavy atom. The molecule has 0 aliphatic carbocycles. The largest absolute Gasteiger partial charge is 0.347 e. The molecule has 0 saturated carbocycles. The molecule has 1 saturated heterocycles. The molecule has 1 amide bonds. The first-order valence-electron chi connectivity index (χ1n) is 9.01. The molecular weight excluding hydrogens is 346 g/mol. The molecule has 0 bridgehead atoms. The minimum Gasteiger partial charge on any atom is -0.341 e. The minimum absolute atomic E-state index is 0.0291. The molecular formula is C18H21N7O2. The number of piperidine rings is 1. The Morgan fingerprint density at radius 1 is 1.22 bits per heavy atom. The van der Waals surface area contributed by atoms with E-state index in [1.165, 1.54) is 6.33 Å². The third-order valence-electron chi connectivity index (χ3n) is 5.08. The SMILES string of the molecule is C[C@@H](C(=O)N1CCC(c2n[nH]c(=O)n2-c2ccccc2)CC1)n1cncn1. The van der Waals surface area contributed by atoms with Crippen LogP contribution in [0.5, 0.6) is 0 Å². The summed E-state index contributed by atoms with van der Waals surface area (Å²) < 4.78 is 3.19. The standard InChI is InChI=1S/C18H21N7O2/c1-13(24-12-19-11-20-24)17(26)23-9-7-14(8-10-23)16-21-22-18(27)25(16)15-5-3-2-4-6-15/h2-6,11-14H,7-10H2,1H3,(H,22,27)/t13-/m0/s1. The van der Waals surface area contributed by atoms with Crippen LogP contribution in [0, 0.1) is 0 Å². The molecule has 9 heteroatoms. The van der Waals surface area contributed by atoms with Crippen LogP contribution in [0.2, 0.25) is 0 Å². The summed E-state index contributed by atoms with van der Waals surface area (Å²) in [6, 6.07) is 9.10. The predicted octanol–water partition coefficient (Wildman–Crippen LogP) is 1.12. The number of aromatic amines is 1. The number of aromatic nitrogens is 6. The molecule has 2 aromatic heterocycles. The quantitative estimate of drug-likeness (QED) is 0.744. The number of hydrogen-bond donors (Lipinski definition) is 1. The Bertz CT molecular complexity index is 953. The highest BCUT2D eigenvalue weighted by atomic mass is 16.2. The summed E-state index contributed by atoms with van der Waals surface area (Å²) in [6.45, 7) is 3.07. The van der Waals surface area contributed by atoms with Gasteiger partial charge in [-0.1, -0.05) is 18.2 Å². The second-order valence-electron chi connectivity index (χ2n) is 6.71. The fourth-order valence-corrected chi connectivity index (χ4v) is 3.56. The van der Waals surface area contributed by atoms with Crippen LogP contribution in [-0.2, 0) is 4.79 Å². The van der Waals surface area contributed by atoms with Crippen molar-refractivity contribution in [2.24, 2.45) is 0 Å². The topological polar surface area (TPSA) is 102 Å². The van der Waals surface area contributed by atoms with Crippen molar-refractivity contribution in [3.05, 3.63) is 59.3 Å². The Labute approximate surface area is 155 Å². The van der Waals surface area contributed by atoms with E-state index >= 15 is 0 Å². The zero-order valence-corrected chi connectivity index (χ0v) is 15.0. The maximum Gasteiger partial charge on any atom is 0.347 e. The molecule has 3 aromatic rings. The van der Waals surface area contributed by atoms with Crippen LogP contribution in [-0.4, -0.2) is 53.4 Å². The molecule has 0 spiro atoms. The van der Waals surface area contributed by atoms with Crippen molar-refractivity contribution in [2.45, 2.75) is 31.7 Å². The van der Waals surface area contributed by atoms with E-state index in [4.69, 9.17) is 0 Å². The molecule has 4 rings (SSSR count). The Hall–Kier alpha value is -3.23.